The van der Waals surface area contributed by atoms with Crippen molar-refractivity contribution in [3.05, 3.63) is 0 Å². The van der Waals surface area contributed by atoms with Gasteiger partial charge in [0.2, 0.25) is 0 Å². The lowest BCUT2D eigenvalue weighted by molar-refractivity contribution is -0.0675. The van der Waals surface area contributed by atoms with Crippen molar-refractivity contribution in [1.29, 1.82) is 0 Å². The molecule has 5 aliphatic rings. The molecule has 96 valence electrons. The quantitative estimate of drug-likeness (QED) is 0.730. The van der Waals surface area contributed by atoms with E-state index in [1.165, 1.54) is 12.8 Å². The maximum absolute atomic E-state index is 4.15. The van der Waals surface area contributed by atoms with E-state index in [0.29, 0.717) is 5.54 Å². The largest absolute Gasteiger partial charge is 0.308 e. The van der Waals surface area contributed by atoms with E-state index in [9.17, 15) is 0 Å². The van der Waals surface area contributed by atoms with Crippen molar-refractivity contribution in [3.8, 4) is 0 Å². The third-order valence-electron chi connectivity index (χ3n) is 6.72. The van der Waals surface area contributed by atoms with Crippen molar-refractivity contribution >= 4 is 0 Å². The lowest BCUT2D eigenvalue weighted by Gasteiger charge is -2.60. The number of nitrogens with one attached hydrogen (secondary N) is 1. The van der Waals surface area contributed by atoms with Gasteiger partial charge in [0, 0.05) is 11.6 Å². The summed E-state index contributed by atoms with van der Waals surface area (Å²) >= 11 is 0. The molecule has 4 saturated carbocycles. The van der Waals surface area contributed by atoms with Gasteiger partial charge in [0.1, 0.15) is 0 Å². The Morgan fingerprint density at radius 3 is 2.00 bits per heavy atom. The molecule has 1 spiro atoms. The van der Waals surface area contributed by atoms with E-state index in [1.807, 2.05) is 0 Å². The predicted octanol–water partition coefficient (Wildman–Crippen LogP) is 3.59. The van der Waals surface area contributed by atoms with Crippen molar-refractivity contribution in [2.24, 2.45) is 29.6 Å². The summed E-state index contributed by atoms with van der Waals surface area (Å²) in [7, 11) is 0. The molecule has 0 aromatic heterocycles. The van der Waals surface area contributed by atoms with Gasteiger partial charge < -0.3 is 5.32 Å². The molecule has 1 heteroatoms. The van der Waals surface area contributed by atoms with Crippen LogP contribution in [-0.4, -0.2) is 11.6 Å². The summed E-state index contributed by atoms with van der Waals surface area (Å²) in [6, 6.07) is 0.813. The highest BCUT2D eigenvalue weighted by Gasteiger charge is 2.59. The van der Waals surface area contributed by atoms with Gasteiger partial charge in [-0.3, -0.25) is 0 Å². The first-order valence-corrected chi connectivity index (χ1v) is 7.95. The molecule has 1 atom stereocenters. The Kier molecular flexibility index (Phi) is 2.23. The molecule has 1 heterocycles. The zero-order valence-electron chi connectivity index (χ0n) is 11.4. The zero-order chi connectivity index (χ0) is 11.6. The van der Waals surface area contributed by atoms with Crippen molar-refractivity contribution < 1.29 is 0 Å². The second kappa shape index (κ2) is 3.50. The number of hydrogen-bond acceptors (Lipinski definition) is 1. The van der Waals surface area contributed by atoms with Gasteiger partial charge >= 0.3 is 0 Å². The van der Waals surface area contributed by atoms with Gasteiger partial charge in [-0.1, -0.05) is 13.8 Å². The van der Waals surface area contributed by atoms with Crippen LogP contribution in [0.1, 0.15) is 58.8 Å². The van der Waals surface area contributed by atoms with Crippen LogP contribution < -0.4 is 5.32 Å². The minimum Gasteiger partial charge on any atom is -0.308 e. The van der Waals surface area contributed by atoms with Crippen LogP contribution in [0.3, 0.4) is 0 Å². The first-order chi connectivity index (χ1) is 8.17. The zero-order valence-corrected chi connectivity index (χ0v) is 11.4. The van der Waals surface area contributed by atoms with Crippen molar-refractivity contribution in [2.75, 3.05) is 0 Å². The van der Waals surface area contributed by atoms with E-state index in [1.54, 1.807) is 32.1 Å². The van der Waals surface area contributed by atoms with Gasteiger partial charge in [-0.25, -0.2) is 0 Å². The van der Waals surface area contributed by atoms with Crippen LogP contribution in [0.25, 0.3) is 0 Å². The second-order valence-electron chi connectivity index (χ2n) is 7.88. The van der Waals surface area contributed by atoms with E-state index < -0.39 is 0 Å². The monoisotopic (exact) mass is 233 g/mol. The van der Waals surface area contributed by atoms with E-state index in [4.69, 9.17) is 0 Å². The van der Waals surface area contributed by atoms with Crippen LogP contribution in [-0.2, 0) is 0 Å². The molecule has 17 heavy (non-hydrogen) atoms. The summed E-state index contributed by atoms with van der Waals surface area (Å²) in [5, 5.41) is 4.15. The maximum atomic E-state index is 4.15. The summed E-state index contributed by atoms with van der Waals surface area (Å²) < 4.78 is 0. The van der Waals surface area contributed by atoms with Crippen molar-refractivity contribution in [3.63, 3.8) is 0 Å². The Labute approximate surface area is 106 Å². The van der Waals surface area contributed by atoms with Gasteiger partial charge in [0.05, 0.1) is 0 Å². The average Bonchev–Trinajstić information content (AvgIpc) is 2.71. The molecule has 4 aliphatic carbocycles. The molecule has 1 saturated heterocycles. The van der Waals surface area contributed by atoms with Gasteiger partial charge in [-0.05, 0) is 74.5 Å². The number of hydrogen-bond donors (Lipinski definition) is 1. The molecule has 0 aromatic rings. The van der Waals surface area contributed by atoms with E-state index >= 15 is 0 Å². The van der Waals surface area contributed by atoms with Crippen LogP contribution >= 0.6 is 0 Å². The standard InChI is InChI=1S/C16H27N/c1-10(2)15-3-4-16(17-15)13-6-11-5-12(8-13)9-14(16)7-11/h10-15,17H,3-9H2,1-2H3. The Morgan fingerprint density at radius 1 is 0.941 bits per heavy atom. The highest BCUT2D eigenvalue weighted by molar-refractivity contribution is 5.14. The van der Waals surface area contributed by atoms with E-state index in [-0.39, 0.29) is 0 Å². The van der Waals surface area contributed by atoms with Gasteiger partial charge in [0.25, 0.3) is 0 Å². The summed E-state index contributed by atoms with van der Waals surface area (Å²) in [5.41, 5.74) is 0.600. The van der Waals surface area contributed by atoms with Crippen LogP contribution in [0.15, 0.2) is 0 Å². The topological polar surface area (TPSA) is 12.0 Å². The summed E-state index contributed by atoms with van der Waals surface area (Å²) in [4.78, 5) is 0. The highest BCUT2D eigenvalue weighted by Crippen LogP contribution is 2.61. The van der Waals surface area contributed by atoms with Crippen LogP contribution in [0, 0.1) is 29.6 Å². The Morgan fingerprint density at radius 2 is 1.53 bits per heavy atom. The SMILES string of the molecule is CC(C)C1CCC2(N1)C1CC3CC(C1)CC2C3. The molecule has 5 fully saturated rings. The fourth-order valence-electron chi connectivity index (χ4n) is 6.05. The third kappa shape index (κ3) is 1.41. The van der Waals surface area contributed by atoms with Crippen molar-refractivity contribution in [1.82, 2.24) is 5.32 Å². The molecule has 5 rings (SSSR count). The second-order valence-corrected chi connectivity index (χ2v) is 7.88. The van der Waals surface area contributed by atoms with Gasteiger partial charge in [-0.15, -0.1) is 0 Å². The van der Waals surface area contributed by atoms with Crippen LogP contribution in [0.5, 0.6) is 0 Å². The Hall–Kier alpha value is -0.0400. The molecular weight excluding hydrogens is 206 g/mol. The van der Waals surface area contributed by atoms with Gasteiger partial charge in [-0.2, -0.15) is 0 Å². The molecule has 1 aliphatic heterocycles. The molecule has 1 nitrogen and oxygen atoms in total. The lowest BCUT2D eigenvalue weighted by atomic mass is 9.48. The average molecular weight is 233 g/mol. The van der Waals surface area contributed by atoms with E-state index in [2.05, 4.69) is 19.2 Å². The smallest absolute Gasteiger partial charge is 0.0241 e. The minimum atomic E-state index is 0.600. The number of rotatable bonds is 1. The maximum Gasteiger partial charge on any atom is 0.0241 e. The molecule has 1 N–H and O–H groups in total. The normalized spacial score (nSPS) is 56.3. The molecular formula is C16H27N. The van der Waals surface area contributed by atoms with Crippen molar-refractivity contribution in [2.45, 2.75) is 70.4 Å². The first kappa shape index (κ1) is 10.8. The van der Waals surface area contributed by atoms with Crippen LogP contribution in [0.4, 0.5) is 0 Å². The fourth-order valence-corrected chi connectivity index (χ4v) is 6.05. The lowest BCUT2D eigenvalue weighted by Crippen LogP contribution is -2.63. The van der Waals surface area contributed by atoms with Crippen LogP contribution in [0.2, 0.25) is 0 Å². The molecule has 0 amide bonds. The fraction of sp³-hybridized carbons (Fsp3) is 1.00. The first-order valence-electron chi connectivity index (χ1n) is 7.95. The molecule has 1 unspecified atom stereocenters. The summed E-state index contributed by atoms with van der Waals surface area (Å²) in [6.45, 7) is 4.79. The Balaban J connectivity index is 1.62. The van der Waals surface area contributed by atoms with Gasteiger partial charge in [0.15, 0.2) is 0 Å². The molecule has 0 radical (unpaired) electrons. The third-order valence-corrected chi connectivity index (χ3v) is 6.72. The van der Waals surface area contributed by atoms with E-state index in [0.717, 1.165) is 35.6 Å². The summed E-state index contributed by atoms with van der Waals surface area (Å²) in [5.74, 6) is 5.14. The highest BCUT2D eigenvalue weighted by atomic mass is 15.1. The summed E-state index contributed by atoms with van der Waals surface area (Å²) in [6.07, 6.45) is 10.8. The molecule has 4 bridgehead atoms. The Bertz CT molecular complexity index is 291. The predicted molar refractivity (Wildman–Crippen MR) is 70.8 cm³/mol. The minimum absolute atomic E-state index is 0.600. The molecule has 0 aromatic carbocycles.